The van der Waals surface area contributed by atoms with Crippen molar-refractivity contribution in [2.24, 2.45) is 0 Å². The summed E-state index contributed by atoms with van der Waals surface area (Å²) in [6, 6.07) is 2.45. The largest absolute Gasteiger partial charge is 0.418 e. The second-order valence-corrected chi connectivity index (χ2v) is 5.41. The van der Waals surface area contributed by atoms with Gasteiger partial charge in [0.1, 0.15) is 0 Å². The van der Waals surface area contributed by atoms with Crippen molar-refractivity contribution < 1.29 is 22.9 Å². The number of hydrogen-bond acceptors (Lipinski definition) is 4. The standard InChI is InChI=1S/C14H16F3N3O3/c1-9(21)19-6-4-10(5-7-19)18-13-3-2-11(20(22)23)8-12(13)14(15,16)17/h2-3,8,10,18H,4-7H2,1H3. The number of carbonyl (C=O) groups excluding carboxylic acids is 1. The van der Waals surface area contributed by atoms with Gasteiger partial charge in [0.25, 0.3) is 5.69 Å². The average molecular weight is 331 g/mol. The van der Waals surface area contributed by atoms with Gasteiger partial charge in [-0.1, -0.05) is 0 Å². The molecule has 0 atom stereocenters. The molecule has 6 nitrogen and oxygen atoms in total. The van der Waals surface area contributed by atoms with Gasteiger partial charge >= 0.3 is 6.18 Å². The predicted molar refractivity (Wildman–Crippen MR) is 77.0 cm³/mol. The number of nitrogens with zero attached hydrogens (tertiary/aromatic N) is 2. The van der Waals surface area contributed by atoms with Gasteiger partial charge in [-0.2, -0.15) is 13.2 Å². The first-order chi connectivity index (χ1) is 10.7. The average Bonchev–Trinajstić information content (AvgIpc) is 2.46. The zero-order valence-corrected chi connectivity index (χ0v) is 12.4. The number of non-ortho nitro benzene ring substituents is 1. The molecule has 126 valence electrons. The molecule has 23 heavy (non-hydrogen) atoms. The monoisotopic (exact) mass is 331 g/mol. The minimum atomic E-state index is -4.69. The first-order valence-electron chi connectivity index (χ1n) is 7.06. The van der Waals surface area contributed by atoms with E-state index in [0.29, 0.717) is 32.0 Å². The number of nitrogens with one attached hydrogen (secondary N) is 1. The second kappa shape index (κ2) is 6.43. The van der Waals surface area contributed by atoms with E-state index < -0.39 is 22.4 Å². The molecule has 0 bridgehead atoms. The summed E-state index contributed by atoms with van der Waals surface area (Å²) in [4.78, 5) is 22.7. The Labute approximate surface area is 130 Å². The van der Waals surface area contributed by atoms with Crippen LogP contribution in [0.2, 0.25) is 0 Å². The molecule has 0 saturated carbocycles. The van der Waals surface area contributed by atoms with Crippen molar-refractivity contribution in [3.63, 3.8) is 0 Å². The van der Waals surface area contributed by atoms with Gasteiger partial charge in [-0.3, -0.25) is 14.9 Å². The molecular formula is C14H16F3N3O3. The van der Waals surface area contributed by atoms with Gasteiger partial charge < -0.3 is 10.2 Å². The van der Waals surface area contributed by atoms with Gasteiger partial charge in [0.05, 0.1) is 10.5 Å². The number of alkyl halides is 3. The van der Waals surface area contributed by atoms with Crippen LogP contribution in [0.25, 0.3) is 0 Å². The summed E-state index contributed by atoms with van der Waals surface area (Å²) in [5, 5.41) is 13.5. The zero-order valence-electron chi connectivity index (χ0n) is 12.4. The fourth-order valence-corrected chi connectivity index (χ4v) is 2.56. The molecule has 0 radical (unpaired) electrons. The van der Waals surface area contributed by atoms with Gasteiger partial charge in [-0.15, -0.1) is 0 Å². The molecule has 1 N–H and O–H groups in total. The Hall–Kier alpha value is -2.32. The number of likely N-dealkylation sites (tertiary alicyclic amines) is 1. The van der Waals surface area contributed by atoms with Crippen LogP contribution < -0.4 is 5.32 Å². The normalized spacial score (nSPS) is 16.3. The van der Waals surface area contributed by atoms with E-state index in [1.165, 1.54) is 6.92 Å². The van der Waals surface area contributed by atoms with Gasteiger partial charge in [0, 0.05) is 43.9 Å². The molecule has 0 spiro atoms. The van der Waals surface area contributed by atoms with Crippen molar-refractivity contribution in [2.45, 2.75) is 32.0 Å². The number of hydrogen-bond donors (Lipinski definition) is 1. The summed E-state index contributed by atoms with van der Waals surface area (Å²) in [5.74, 6) is -0.0604. The highest BCUT2D eigenvalue weighted by Crippen LogP contribution is 2.37. The van der Waals surface area contributed by atoms with Crippen LogP contribution in [0.3, 0.4) is 0 Å². The molecule has 1 aromatic rings. The lowest BCUT2D eigenvalue weighted by Gasteiger charge is -2.32. The summed E-state index contributed by atoms with van der Waals surface area (Å²) < 4.78 is 39.3. The maximum atomic E-state index is 13.1. The Morgan fingerprint density at radius 3 is 2.43 bits per heavy atom. The fraction of sp³-hybridized carbons (Fsp3) is 0.500. The van der Waals surface area contributed by atoms with Crippen LogP contribution in [0.1, 0.15) is 25.3 Å². The Bertz CT molecular complexity index is 611. The molecular weight excluding hydrogens is 315 g/mol. The number of halogens is 3. The van der Waals surface area contributed by atoms with Crippen LogP contribution in [-0.2, 0) is 11.0 Å². The smallest absolute Gasteiger partial charge is 0.382 e. The Morgan fingerprint density at radius 1 is 1.35 bits per heavy atom. The van der Waals surface area contributed by atoms with Crippen LogP contribution in [0.5, 0.6) is 0 Å². The molecule has 1 aliphatic heterocycles. The summed E-state index contributed by atoms with van der Waals surface area (Å²) in [5.41, 5.74) is -1.83. The minimum Gasteiger partial charge on any atom is -0.382 e. The highest BCUT2D eigenvalue weighted by Gasteiger charge is 2.36. The number of amides is 1. The minimum absolute atomic E-state index is 0.0604. The van der Waals surface area contributed by atoms with Gasteiger partial charge in [0.2, 0.25) is 5.91 Å². The Kier molecular flexibility index (Phi) is 4.76. The summed E-state index contributed by atoms with van der Waals surface area (Å²) in [6.07, 6.45) is -3.64. The van der Waals surface area contributed by atoms with Gasteiger partial charge in [-0.25, -0.2) is 0 Å². The molecule has 0 unspecified atom stereocenters. The van der Waals surface area contributed by atoms with Crippen molar-refractivity contribution in [1.82, 2.24) is 4.90 Å². The lowest BCUT2D eigenvalue weighted by Crippen LogP contribution is -2.41. The van der Waals surface area contributed by atoms with E-state index in [1.807, 2.05) is 0 Å². The quantitative estimate of drug-likeness (QED) is 0.682. The van der Waals surface area contributed by atoms with Crippen molar-refractivity contribution in [3.8, 4) is 0 Å². The van der Waals surface area contributed by atoms with Crippen molar-refractivity contribution in [2.75, 3.05) is 18.4 Å². The van der Waals surface area contributed by atoms with E-state index in [-0.39, 0.29) is 17.6 Å². The number of nitro groups is 1. The van der Waals surface area contributed by atoms with E-state index in [1.54, 1.807) is 4.90 Å². The van der Waals surface area contributed by atoms with Crippen LogP contribution in [-0.4, -0.2) is 34.9 Å². The first kappa shape index (κ1) is 17.0. The fourth-order valence-electron chi connectivity index (χ4n) is 2.56. The van der Waals surface area contributed by atoms with Crippen LogP contribution in [0.4, 0.5) is 24.5 Å². The van der Waals surface area contributed by atoms with E-state index in [9.17, 15) is 28.1 Å². The summed E-state index contributed by atoms with van der Waals surface area (Å²) in [7, 11) is 0. The molecule has 1 aliphatic rings. The molecule has 1 amide bonds. The lowest BCUT2D eigenvalue weighted by atomic mass is 10.0. The van der Waals surface area contributed by atoms with Crippen LogP contribution in [0, 0.1) is 10.1 Å². The maximum Gasteiger partial charge on any atom is 0.418 e. The number of rotatable bonds is 3. The number of nitro benzene ring substituents is 1. The van der Waals surface area contributed by atoms with E-state index >= 15 is 0 Å². The molecule has 9 heteroatoms. The van der Waals surface area contributed by atoms with Crippen LogP contribution >= 0.6 is 0 Å². The maximum absolute atomic E-state index is 13.1. The van der Waals surface area contributed by atoms with E-state index in [0.717, 1.165) is 12.1 Å². The first-order valence-corrected chi connectivity index (χ1v) is 7.06. The predicted octanol–water partition coefficient (Wildman–Crippen LogP) is 3.04. The van der Waals surface area contributed by atoms with E-state index in [4.69, 9.17) is 0 Å². The zero-order chi connectivity index (χ0) is 17.2. The SMILES string of the molecule is CC(=O)N1CCC(Nc2ccc([N+](=O)[O-])cc2C(F)(F)F)CC1. The van der Waals surface area contributed by atoms with Crippen molar-refractivity contribution >= 4 is 17.3 Å². The molecule has 1 saturated heterocycles. The third kappa shape index (κ3) is 4.11. The molecule has 1 heterocycles. The van der Waals surface area contributed by atoms with Crippen molar-refractivity contribution in [1.29, 1.82) is 0 Å². The van der Waals surface area contributed by atoms with Gasteiger partial charge in [0.15, 0.2) is 0 Å². The molecule has 2 rings (SSSR count). The second-order valence-electron chi connectivity index (χ2n) is 5.41. The molecule has 0 aliphatic carbocycles. The number of anilines is 1. The Morgan fingerprint density at radius 2 is 1.96 bits per heavy atom. The topological polar surface area (TPSA) is 75.5 Å². The highest BCUT2D eigenvalue weighted by molar-refractivity contribution is 5.73. The highest BCUT2D eigenvalue weighted by atomic mass is 19.4. The molecule has 1 aromatic carbocycles. The van der Waals surface area contributed by atoms with Gasteiger partial charge in [-0.05, 0) is 18.9 Å². The number of carbonyl (C=O) groups is 1. The van der Waals surface area contributed by atoms with E-state index in [2.05, 4.69) is 5.32 Å². The summed E-state index contributed by atoms with van der Waals surface area (Å²) in [6.45, 7) is 2.40. The number of piperidine rings is 1. The molecule has 0 aromatic heterocycles. The summed E-state index contributed by atoms with van der Waals surface area (Å²) >= 11 is 0. The lowest BCUT2D eigenvalue weighted by molar-refractivity contribution is -0.385. The number of benzene rings is 1. The van der Waals surface area contributed by atoms with Crippen molar-refractivity contribution in [3.05, 3.63) is 33.9 Å². The third-order valence-corrected chi connectivity index (χ3v) is 3.82. The third-order valence-electron chi connectivity index (χ3n) is 3.82. The molecule has 1 fully saturated rings. The van der Waals surface area contributed by atoms with Crippen LogP contribution in [0.15, 0.2) is 18.2 Å². The Balaban J connectivity index is 2.17.